The molecule has 1 aliphatic rings. The molecule has 0 saturated carbocycles. The van der Waals surface area contributed by atoms with E-state index in [0.29, 0.717) is 10.8 Å². The zero-order chi connectivity index (χ0) is 20.7. The summed E-state index contributed by atoms with van der Waals surface area (Å²) in [5.41, 5.74) is 1.87. The Bertz CT molecular complexity index is 766. The Kier molecular flexibility index (Phi) is 7.45. The van der Waals surface area contributed by atoms with E-state index in [1.54, 1.807) is 18.2 Å². The molecule has 6 nitrogen and oxygen atoms in total. The summed E-state index contributed by atoms with van der Waals surface area (Å²) in [5.74, 6) is -4.38. The topological polar surface area (TPSA) is 81.7 Å². The van der Waals surface area contributed by atoms with Crippen LogP contribution in [-0.2, 0) is 19.2 Å². The van der Waals surface area contributed by atoms with E-state index in [1.165, 1.54) is 6.07 Å². The molecule has 2 atom stereocenters. The van der Waals surface area contributed by atoms with Crippen molar-refractivity contribution in [3.8, 4) is 5.75 Å². The Labute approximate surface area is 163 Å². The molecule has 1 aromatic carbocycles. The molecule has 1 amide bonds. The SMILES string of the molecule is O=C(COc1cccc(Cl)c1)NOC(=O)CCC1CC(C(F)(F)F)C=CC1=O. The van der Waals surface area contributed by atoms with Gasteiger partial charge < -0.3 is 9.57 Å². The predicted octanol–water partition coefficient (Wildman–Crippen LogP) is 3.40. The minimum absolute atomic E-state index is 0.108. The Morgan fingerprint density at radius 1 is 1.29 bits per heavy atom. The van der Waals surface area contributed by atoms with E-state index in [0.717, 1.165) is 12.2 Å². The molecule has 0 fully saturated rings. The van der Waals surface area contributed by atoms with Crippen LogP contribution < -0.4 is 10.2 Å². The quantitative estimate of drug-likeness (QED) is 0.715. The van der Waals surface area contributed by atoms with Crippen LogP contribution in [0.3, 0.4) is 0 Å². The lowest BCUT2D eigenvalue weighted by Crippen LogP contribution is -2.32. The van der Waals surface area contributed by atoms with Gasteiger partial charge in [0.2, 0.25) is 0 Å². The number of carbonyl (C=O) groups excluding carboxylic acids is 3. The molecule has 1 aromatic rings. The number of ketones is 1. The molecule has 0 radical (unpaired) electrons. The van der Waals surface area contributed by atoms with E-state index >= 15 is 0 Å². The van der Waals surface area contributed by atoms with Gasteiger partial charge in [-0.3, -0.25) is 9.59 Å². The van der Waals surface area contributed by atoms with Crippen LogP contribution >= 0.6 is 11.6 Å². The number of allylic oxidation sites excluding steroid dienone is 2. The van der Waals surface area contributed by atoms with Gasteiger partial charge >= 0.3 is 12.1 Å². The first-order valence-electron chi connectivity index (χ1n) is 8.31. The molecule has 0 aromatic heterocycles. The molecule has 2 unspecified atom stereocenters. The van der Waals surface area contributed by atoms with Crippen molar-refractivity contribution in [2.24, 2.45) is 11.8 Å². The summed E-state index contributed by atoms with van der Waals surface area (Å²) in [4.78, 5) is 39.5. The maximum absolute atomic E-state index is 12.7. The zero-order valence-corrected chi connectivity index (χ0v) is 15.3. The first-order chi connectivity index (χ1) is 13.1. The van der Waals surface area contributed by atoms with E-state index in [2.05, 4.69) is 4.84 Å². The van der Waals surface area contributed by atoms with E-state index in [1.807, 2.05) is 5.48 Å². The first-order valence-corrected chi connectivity index (χ1v) is 8.68. The van der Waals surface area contributed by atoms with Crippen LogP contribution in [0.2, 0.25) is 5.02 Å². The number of rotatable bonds is 6. The van der Waals surface area contributed by atoms with Crippen LogP contribution in [0, 0.1) is 11.8 Å². The minimum Gasteiger partial charge on any atom is -0.484 e. The van der Waals surface area contributed by atoms with Gasteiger partial charge in [0.05, 0.1) is 5.92 Å². The van der Waals surface area contributed by atoms with Crippen molar-refractivity contribution in [2.75, 3.05) is 6.61 Å². The molecule has 1 N–H and O–H groups in total. The maximum Gasteiger partial charge on any atom is 0.395 e. The molecule has 0 spiro atoms. The standard InChI is InChI=1S/C18H17ClF3NO5/c19-13-2-1-3-14(9-13)27-10-16(25)23-28-17(26)7-4-11-8-12(18(20,21)22)5-6-15(11)24/h1-3,5-6,9,11-12H,4,7-8,10H2,(H,23,25). The number of carbonyl (C=O) groups is 3. The molecule has 1 aliphatic carbocycles. The van der Waals surface area contributed by atoms with Crippen molar-refractivity contribution < 1.29 is 37.1 Å². The molecular weight excluding hydrogens is 403 g/mol. The van der Waals surface area contributed by atoms with Crippen molar-refractivity contribution in [3.05, 3.63) is 41.4 Å². The summed E-state index contributed by atoms with van der Waals surface area (Å²) in [6, 6.07) is 6.32. The fraction of sp³-hybridized carbons (Fsp3) is 0.389. The van der Waals surface area contributed by atoms with Crippen LogP contribution in [0.5, 0.6) is 5.75 Å². The first kappa shape index (κ1) is 21.7. The zero-order valence-electron chi connectivity index (χ0n) is 14.5. The second kappa shape index (κ2) is 9.59. The number of hydroxylamine groups is 1. The largest absolute Gasteiger partial charge is 0.484 e. The van der Waals surface area contributed by atoms with Crippen molar-refractivity contribution in [2.45, 2.75) is 25.4 Å². The predicted molar refractivity (Wildman–Crippen MR) is 92.2 cm³/mol. The summed E-state index contributed by atoms with van der Waals surface area (Å²) in [6.45, 7) is -0.438. The number of halogens is 4. The highest BCUT2D eigenvalue weighted by molar-refractivity contribution is 6.30. The van der Waals surface area contributed by atoms with Crippen molar-refractivity contribution in [1.29, 1.82) is 0 Å². The van der Waals surface area contributed by atoms with Gasteiger partial charge in [-0.05, 0) is 37.1 Å². The summed E-state index contributed by atoms with van der Waals surface area (Å²) in [5, 5.41) is 0.421. The fourth-order valence-electron chi connectivity index (χ4n) is 2.54. The third-order valence-corrected chi connectivity index (χ3v) is 4.23. The lowest BCUT2D eigenvalue weighted by atomic mass is 9.83. The monoisotopic (exact) mass is 419 g/mol. The van der Waals surface area contributed by atoms with Crippen molar-refractivity contribution in [1.82, 2.24) is 5.48 Å². The van der Waals surface area contributed by atoms with Gasteiger partial charge in [0.25, 0.3) is 5.91 Å². The van der Waals surface area contributed by atoms with Gasteiger partial charge in [0.1, 0.15) is 5.75 Å². The van der Waals surface area contributed by atoms with Gasteiger partial charge in [-0.15, -0.1) is 0 Å². The van der Waals surface area contributed by atoms with Gasteiger partial charge in [-0.25, -0.2) is 4.79 Å². The summed E-state index contributed by atoms with van der Waals surface area (Å²) in [6.07, 6.45) is -3.55. The second-order valence-electron chi connectivity index (χ2n) is 6.13. The lowest BCUT2D eigenvalue weighted by Gasteiger charge is -2.25. The highest BCUT2D eigenvalue weighted by atomic mass is 35.5. The molecule has 10 heteroatoms. The highest BCUT2D eigenvalue weighted by Crippen LogP contribution is 2.36. The lowest BCUT2D eigenvalue weighted by molar-refractivity contribution is -0.167. The highest BCUT2D eigenvalue weighted by Gasteiger charge is 2.42. The van der Waals surface area contributed by atoms with Crippen LogP contribution in [0.25, 0.3) is 0 Å². The summed E-state index contributed by atoms with van der Waals surface area (Å²) >= 11 is 5.77. The molecule has 152 valence electrons. The van der Waals surface area contributed by atoms with Crippen molar-refractivity contribution in [3.63, 3.8) is 0 Å². The molecule has 0 bridgehead atoms. The van der Waals surface area contributed by atoms with E-state index in [-0.39, 0.29) is 12.8 Å². The molecule has 2 rings (SSSR count). The number of ether oxygens (including phenoxy) is 1. The maximum atomic E-state index is 12.7. The van der Waals surface area contributed by atoms with Gasteiger partial charge in [0.15, 0.2) is 12.4 Å². The van der Waals surface area contributed by atoms with Crippen LogP contribution in [-0.4, -0.2) is 30.4 Å². The number of amides is 1. The molecule has 28 heavy (non-hydrogen) atoms. The smallest absolute Gasteiger partial charge is 0.395 e. The van der Waals surface area contributed by atoms with Crippen LogP contribution in [0.15, 0.2) is 36.4 Å². The Balaban J connectivity index is 1.70. The molecule has 0 heterocycles. The number of nitrogens with one attached hydrogen (secondary N) is 1. The van der Waals surface area contributed by atoms with Gasteiger partial charge in [-0.2, -0.15) is 18.7 Å². The number of hydrogen-bond acceptors (Lipinski definition) is 5. The normalized spacial score (nSPS) is 19.2. The molecule has 0 aliphatic heterocycles. The fourth-order valence-corrected chi connectivity index (χ4v) is 2.72. The molecular formula is C18H17ClF3NO5. The number of hydrogen-bond donors (Lipinski definition) is 1. The minimum atomic E-state index is -4.44. The van der Waals surface area contributed by atoms with Crippen LogP contribution in [0.1, 0.15) is 19.3 Å². The van der Waals surface area contributed by atoms with Crippen molar-refractivity contribution >= 4 is 29.3 Å². The van der Waals surface area contributed by atoms with E-state index < -0.39 is 48.7 Å². The average Bonchev–Trinajstić information content (AvgIpc) is 2.63. The average molecular weight is 420 g/mol. The van der Waals surface area contributed by atoms with Gasteiger partial charge in [0, 0.05) is 17.4 Å². The van der Waals surface area contributed by atoms with Crippen LogP contribution in [0.4, 0.5) is 13.2 Å². The second-order valence-corrected chi connectivity index (χ2v) is 6.56. The van der Waals surface area contributed by atoms with E-state index in [9.17, 15) is 27.6 Å². The number of alkyl halides is 3. The van der Waals surface area contributed by atoms with Gasteiger partial charge in [-0.1, -0.05) is 23.7 Å². The van der Waals surface area contributed by atoms with E-state index in [4.69, 9.17) is 16.3 Å². The Morgan fingerprint density at radius 3 is 2.71 bits per heavy atom. The Hall–Kier alpha value is -2.55. The Morgan fingerprint density at radius 2 is 2.04 bits per heavy atom. The third kappa shape index (κ3) is 6.88. The molecule has 0 saturated heterocycles. The summed E-state index contributed by atoms with van der Waals surface area (Å²) < 4.78 is 43.4. The third-order valence-electron chi connectivity index (χ3n) is 4.00. The number of benzene rings is 1. The summed E-state index contributed by atoms with van der Waals surface area (Å²) in [7, 11) is 0.